The average molecular weight is 765 g/mol. The largest absolute Gasteiger partial charge is 0.501 e. The number of aromatic nitrogens is 1. The second-order valence-corrected chi connectivity index (χ2v) is 14.2. The van der Waals surface area contributed by atoms with Crippen molar-refractivity contribution in [1.29, 1.82) is 0 Å². The van der Waals surface area contributed by atoms with E-state index in [0.717, 1.165) is 51.1 Å². The van der Waals surface area contributed by atoms with E-state index in [0.29, 0.717) is 17.7 Å². The molecule has 1 aromatic heterocycles. The third-order valence-corrected chi connectivity index (χ3v) is 10.1. The molecule has 3 aromatic rings. The van der Waals surface area contributed by atoms with Gasteiger partial charge in [-0.2, -0.15) is 26.3 Å². The molecule has 0 spiro atoms. The third kappa shape index (κ3) is 7.77. The van der Waals surface area contributed by atoms with Crippen LogP contribution in [0.2, 0.25) is 0 Å². The molecular formula is C28H22F6N6O9S2. The van der Waals surface area contributed by atoms with E-state index in [1.807, 2.05) is 5.32 Å². The van der Waals surface area contributed by atoms with Crippen molar-refractivity contribution < 1.29 is 67.2 Å². The fourth-order valence-electron chi connectivity index (χ4n) is 4.53. The second kappa shape index (κ2) is 14.0. The Morgan fingerprint density at radius 3 is 1.76 bits per heavy atom. The van der Waals surface area contributed by atoms with Crippen LogP contribution in [0.3, 0.4) is 0 Å². The molecule has 7 amide bonds. The van der Waals surface area contributed by atoms with Gasteiger partial charge in [0.2, 0.25) is 5.91 Å². The van der Waals surface area contributed by atoms with Crippen molar-refractivity contribution in [2.45, 2.75) is 27.4 Å². The molecule has 23 heteroatoms. The van der Waals surface area contributed by atoms with E-state index >= 15 is 0 Å². The molecule has 2 fully saturated rings. The lowest BCUT2D eigenvalue weighted by atomic mass is 10.1. The molecule has 2 aliphatic rings. The number of hydrogen-bond donors (Lipinski definition) is 2. The van der Waals surface area contributed by atoms with E-state index in [-0.39, 0.29) is 36.6 Å². The molecule has 2 saturated heterocycles. The van der Waals surface area contributed by atoms with Gasteiger partial charge in [-0.15, -0.1) is 0 Å². The fourth-order valence-corrected chi connectivity index (χ4v) is 6.05. The lowest BCUT2D eigenvalue weighted by molar-refractivity contribution is -0.118. The zero-order valence-corrected chi connectivity index (χ0v) is 27.2. The highest BCUT2D eigenvalue weighted by Crippen LogP contribution is 2.33. The predicted molar refractivity (Wildman–Crippen MR) is 161 cm³/mol. The summed E-state index contributed by atoms with van der Waals surface area (Å²) in [5, 5.41) is 4.42. The summed E-state index contributed by atoms with van der Waals surface area (Å²) in [7, 11) is -9.56. The van der Waals surface area contributed by atoms with Crippen molar-refractivity contribution in [2.75, 3.05) is 29.9 Å². The lowest BCUT2D eigenvalue weighted by Crippen LogP contribution is -2.33. The van der Waals surface area contributed by atoms with Crippen LogP contribution in [-0.2, 0) is 35.8 Å². The van der Waals surface area contributed by atoms with E-state index in [2.05, 4.69) is 10.3 Å². The number of sulfone groups is 2. The van der Waals surface area contributed by atoms with Crippen molar-refractivity contribution in [1.82, 2.24) is 20.5 Å². The first-order valence-corrected chi connectivity index (χ1v) is 16.8. The number of amides is 7. The molecule has 3 heterocycles. The first-order chi connectivity index (χ1) is 23.6. The minimum Gasteiger partial charge on any atom is -0.355 e. The topological polar surface area (TPSA) is 200 Å². The zero-order valence-electron chi connectivity index (χ0n) is 25.5. The molecule has 2 N–H and O–H groups in total. The Hall–Kier alpha value is -5.58. The SMILES string of the molecule is CNC(=O)c1cnccc1CN1CC(=O)N(c2ccc(S(=O)(=O)C(F)(F)F)cc2)C1=O.O=C1CN(c2ccc(S(=O)(=O)C(F)(F)F)cc2)C(=O)N1. The van der Waals surface area contributed by atoms with E-state index in [1.54, 1.807) is 0 Å². The zero-order chi connectivity index (χ0) is 38.1. The molecular weight excluding hydrogens is 742 g/mol. The Kier molecular flexibility index (Phi) is 10.5. The van der Waals surface area contributed by atoms with Gasteiger partial charge < -0.3 is 10.2 Å². The van der Waals surface area contributed by atoms with Crippen molar-refractivity contribution in [3.05, 3.63) is 78.1 Å². The van der Waals surface area contributed by atoms with Crippen LogP contribution in [0.1, 0.15) is 15.9 Å². The molecule has 15 nitrogen and oxygen atoms in total. The summed E-state index contributed by atoms with van der Waals surface area (Å²) in [6.07, 6.45) is 2.73. The van der Waals surface area contributed by atoms with Crippen LogP contribution in [0.5, 0.6) is 0 Å². The summed E-state index contributed by atoms with van der Waals surface area (Å²) < 4.78 is 120. The number of benzene rings is 2. The first-order valence-electron chi connectivity index (χ1n) is 13.8. The quantitative estimate of drug-likeness (QED) is 0.266. The molecule has 2 aliphatic heterocycles. The smallest absolute Gasteiger partial charge is 0.355 e. The highest BCUT2D eigenvalue weighted by atomic mass is 32.2. The number of nitrogens with one attached hydrogen (secondary N) is 2. The molecule has 0 saturated carbocycles. The molecule has 0 radical (unpaired) electrons. The Bertz CT molecular complexity index is 2110. The van der Waals surface area contributed by atoms with Crippen molar-refractivity contribution >= 4 is 60.8 Å². The van der Waals surface area contributed by atoms with Crippen molar-refractivity contribution in [3.63, 3.8) is 0 Å². The van der Waals surface area contributed by atoms with Gasteiger partial charge in [-0.05, 0) is 60.2 Å². The standard InChI is InChI=1S/C18H15F3N4O5S.C10H7F3N2O4S/c1-22-16(27)14-8-23-7-6-11(14)9-24-10-15(26)25(17(24)28)12-2-4-13(5-3-12)31(29,30)18(19,20)21;11-10(12,13)20(18,19)7-3-1-6(2-4-7)15-5-8(16)14-9(15)17/h2-8H,9-10H2,1H3,(H,22,27);1-4H,5H2,(H,14,16,17). The number of nitrogens with zero attached hydrogens (tertiary/aromatic N) is 4. The third-order valence-electron chi connectivity index (χ3n) is 7.05. The maximum absolute atomic E-state index is 12.7. The van der Waals surface area contributed by atoms with Gasteiger partial charge in [0.25, 0.3) is 31.5 Å². The number of hydrogen-bond acceptors (Lipinski definition) is 10. The number of pyridine rings is 1. The summed E-state index contributed by atoms with van der Waals surface area (Å²) >= 11 is 0. The molecule has 2 aromatic carbocycles. The van der Waals surface area contributed by atoms with Gasteiger partial charge in [-0.3, -0.25) is 29.6 Å². The Morgan fingerprint density at radius 2 is 1.31 bits per heavy atom. The van der Waals surface area contributed by atoms with Crippen LogP contribution >= 0.6 is 0 Å². The number of rotatable bonds is 7. The molecule has 5 rings (SSSR count). The summed E-state index contributed by atoms with van der Waals surface area (Å²) in [4.78, 5) is 64.1. The van der Waals surface area contributed by atoms with Crippen LogP contribution < -0.4 is 20.4 Å². The number of halogens is 6. The highest BCUT2D eigenvalue weighted by Gasteiger charge is 2.48. The lowest BCUT2D eigenvalue weighted by Gasteiger charge is -2.18. The van der Waals surface area contributed by atoms with Gasteiger partial charge in [0.05, 0.1) is 21.0 Å². The number of anilines is 2. The van der Waals surface area contributed by atoms with Crippen molar-refractivity contribution in [3.8, 4) is 0 Å². The predicted octanol–water partition coefficient (Wildman–Crippen LogP) is 2.74. The summed E-state index contributed by atoms with van der Waals surface area (Å²) in [6.45, 7) is -0.700. The van der Waals surface area contributed by atoms with Gasteiger partial charge in [0, 0.05) is 31.7 Å². The fraction of sp³-hybridized carbons (Fsp3) is 0.214. The van der Waals surface area contributed by atoms with Crippen LogP contribution in [0, 0.1) is 0 Å². The maximum atomic E-state index is 12.7. The molecule has 0 unspecified atom stereocenters. The Balaban J connectivity index is 0.000000251. The average Bonchev–Trinajstić information content (AvgIpc) is 3.55. The normalized spacial score (nSPS) is 15.5. The van der Waals surface area contributed by atoms with Gasteiger partial charge in [0.1, 0.15) is 13.1 Å². The van der Waals surface area contributed by atoms with E-state index < -0.39 is 70.3 Å². The van der Waals surface area contributed by atoms with Crippen LogP contribution in [0.4, 0.5) is 47.3 Å². The van der Waals surface area contributed by atoms with E-state index in [9.17, 15) is 67.2 Å². The maximum Gasteiger partial charge on any atom is 0.501 e. The first kappa shape index (κ1) is 38.2. The van der Waals surface area contributed by atoms with Gasteiger partial charge in [-0.1, -0.05) is 0 Å². The minimum atomic E-state index is -5.55. The summed E-state index contributed by atoms with van der Waals surface area (Å²) in [5.41, 5.74) is -10.2. The molecule has 0 atom stereocenters. The number of imide groups is 2. The van der Waals surface area contributed by atoms with E-state index in [4.69, 9.17) is 0 Å². The van der Waals surface area contributed by atoms with Crippen LogP contribution in [0.25, 0.3) is 0 Å². The molecule has 272 valence electrons. The minimum absolute atomic E-state index is 0.0834. The molecule has 0 aliphatic carbocycles. The summed E-state index contributed by atoms with van der Waals surface area (Å²) in [6, 6.07) is 6.78. The van der Waals surface area contributed by atoms with Gasteiger partial charge in [-0.25, -0.2) is 31.3 Å². The van der Waals surface area contributed by atoms with Crippen molar-refractivity contribution in [2.24, 2.45) is 0 Å². The molecule has 0 bridgehead atoms. The monoisotopic (exact) mass is 764 g/mol. The Labute approximate surface area is 283 Å². The van der Waals surface area contributed by atoms with Crippen LogP contribution in [-0.4, -0.2) is 87.7 Å². The second-order valence-electron chi connectivity index (χ2n) is 10.3. The number of alkyl halides is 6. The van der Waals surface area contributed by atoms with Gasteiger partial charge in [0.15, 0.2) is 0 Å². The van der Waals surface area contributed by atoms with Crippen LogP contribution in [0.15, 0.2) is 76.8 Å². The highest BCUT2D eigenvalue weighted by molar-refractivity contribution is 7.92. The summed E-state index contributed by atoms with van der Waals surface area (Å²) in [5.74, 6) is -1.65. The number of carbonyl (C=O) groups is 5. The Morgan fingerprint density at radius 1 is 0.804 bits per heavy atom. The number of urea groups is 2. The van der Waals surface area contributed by atoms with E-state index in [1.165, 1.54) is 25.5 Å². The molecule has 51 heavy (non-hydrogen) atoms. The number of carbonyl (C=O) groups excluding carboxylic acids is 5. The van der Waals surface area contributed by atoms with Gasteiger partial charge >= 0.3 is 23.1 Å².